The molecule has 0 saturated carbocycles. The third kappa shape index (κ3) is 4.39. The summed E-state index contributed by atoms with van der Waals surface area (Å²) in [5.74, 6) is -0.301. The van der Waals surface area contributed by atoms with Crippen LogP contribution in [0.25, 0.3) is 11.3 Å². The fourth-order valence-corrected chi connectivity index (χ4v) is 2.20. The van der Waals surface area contributed by atoms with E-state index in [0.29, 0.717) is 26.0 Å². The number of carbonyl (C=O) groups excluding carboxylic acids is 1. The smallest absolute Gasteiger partial charge is 0.220 e. The molecule has 5 nitrogen and oxygen atoms in total. The first-order chi connectivity index (χ1) is 10.6. The highest BCUT2D eigenvalue weighted by Gasteiger charge is 2.12. The predicted molar refractivity (Wildman–Crippen MR) is 81.8 cm³/mol. The fraction of sp³-hybridized carbons (Fsp3) is 0.375. The topological polar surface area (TPSA) is 56.1 Å². The van der Waals surface area contributed by atoms with Gasteiger partial charge in [-0.2, -0.15) is 5.10 Å². The maximum absolute atomic E-state index is 13.0. The van der Waals surface area contributed by atoms with Crippen molar-refractivity contribution in [2.45, 2.75) is 12.8 Å². The van der Waals surface area contributed by atoms with E-state index in [2.05, 4.69) is 10.4 Å². The van der Waals surface area contributed by atoms with Gasteiger partial charge in [-0.3, -0.25) is 9.48 Å². The lowest BCUT2D eigenvalue weighted by Gasteiger charge is -2.05. The largest absolute Gasteiger partial charge is 0.383 e. The molecule has 1 aromatic heterocycles. The summed E-state index contributed by atoms with van der Waals surface area (Å²) in [6.45, 7) is 1.01. The van der Waals surface area contributed by atoms with Crippen molar-refractivity contribution in [2.24, 2.45) is 7.05 Å². The first-order valence-electron chi connectivity index (χ1n) is 7.14. The van der Waals surface area contributed by atoms with E-state index < -0.39 is 0 Å². The van der Waals surface area contributed by atoms with Crippen molar-refractivity contribution >= 4 is 5.91 Å². The molecule has 0 spiro atoms. The number of rotatable bonds is 7. The zero-order valence-corrected chi connectivity index (χ0v) is 12.8. The molecule has 1 N–H and O–H groups in total. The number of hydrogen-bond donors (Lipinski definition) is 1. The second kappa shape index (κ2) is 7.70. The van der Waals surface area contributed by atoms with Gasteiger partial charge in [0.15, 0.2) is 0 Å². The Morgan fingerprint density at radius 2 is 2.09 bits per heavy atom. The summed E-state index contributed by atoms with van der Waals surface area (Å²) in [7, 11) is 3.42. The minimum absolute atomic E-state index is 0.0223. The summed E-state index contributed by atoms with van der Waals surface area (Å²) in [6, 6.07) is 6.20. The summed E-state index contributed by atoms with van der Waals surface area (Å²) in [6.07, 6.45) is 2.85. The molecule has 0 bridgehead atoms. The first-order valence-corrected chi connectivity index (χ1v) is 7.14. The van der Waals surface area contributed by atoms with Crippen molar-refractivity contribution in [3.63, 3.8) is 0 Å². The minimum atomic E-state index is -0.279. The molecule has 6 heteroatoms. The number of aromatic nitrogens is 2. The Morgan fingerprint density at radius 1 is 1.36 bits per heavy atom. The molecule has 0 unspecified atom stereocenters. The number of amides is 1. The molecule has 0 aliphatic rings. The van der Waals surface area contributed by atoms with E-state index in [4.69, 9.17) is 4.74 Å². The number of hydrogen-bond acceptors (Lipinski definition) is 3. The molecule has 0 aliphatic carbocycles. The molecule has 1 heterocycles. The fourth-order valence-electron chi connectivity index (χ4n) is 2.20. The number of aryl methyl sites for hydroxylation is 2. The molecular formula is C16H20FN3O2. The number of benzene rings is 1. The number of nitrogens with one attached hydrogen (secondary N) is 1. The van der Waals surface area contributed by atoms with Crippen LogP contribution in [0.4, 0.5) is 4.39 Å². The van der Waals surface area contributed by atoms with Gasteiger partial charge in [-0.15, -0.1) is 0 Å². The van der Waals surface area contributed by atoms with Crippen molar-refractivity contribution in [1.82, 2.24) is 15.1 Å². The molecule has 1 aromatic carbocycles. The molecule has 118 valence electrons. The van der Waals surface area contributed by atoms with Crippen molar-refractivity contribution in [3.8, 4) is 11.3 Å². The van der Waals surface area contributed by atoms with Crippen LogP contribution in [-0.2, 0) is 23.0 Å². The van der Waals surface area contributed by atoms with Gasteiger partial charge in [0, 0.05) is 38.9 Å². The van der Waals surface area contributed by atoms with E-state index in [1.807, 2.05) is 13.2 Å². The Hall–Kier alpha value is -2.21. The molecule has 0 aliphatic heterocycles. The highest BCUT2D eigenvalue weighted by Crippen LogP contribution is 2.23. The summed E-state index contributed by atoms with van der Waals surface area (Å²) in [4.78, 5) is 11.7. The molecule has 0 fully saturated rings. The van der Waals surface area contributed by atoms with Gasteiger partial charge in [0.05, 0.1) is 12.3 Å². The van der Waals surface area contributed by atoms with Crippen LogP contribution < -0.4 is 5.32 Å². The van der Waals surface area contributed by atoms with Crippen molar-refractivity contribution in [3.05, 3.63) is 41.8 Å². The van der Waals surface area contributed by atoms with E-state index in [1.165, 1.54) is 12.1 Å². The van der Waals surface area contributed by atoms with Gasteiger partial charge in [-0.25, -0.2) is 4.39 Å². The van der Waals surface area contributed by atoms with Gasteiger partial charge in [-0.1, -0.05) is 0 Å². The molecular weight excluding hydrogens is 285 g/mol. The van der Waals surface area contributed by atoms with E-state index in [0.717, 1.165) is 16.8 Å². The zero-order chi connectivity index (χ0) is 15.9. The third-order valence-corrected chi connectivity index (χ3v) is 3.27. The van der Waals surface area contributed by atoms with Crippen LogP contribution in [0, 0.1) is 5.82 Å². The Morgan fingerprint density at radius 3 is 2.77 bits per heavy atom. The monoisotopic (exact) mass is 305 g/mol. The van der Waals surface area contributed by atoms with E-state index in [9.17, 15) is 9.18 Å². The maximum Gasteiger partial charge on any atom is 0.220 e. The highest BCUT2D eigenvalue weighted by atomic mass is 19.1. The van der Waals surface area contributed by atoms with Gasteiger partial charge >= 0.3 is 0 Å². The van der Waals surface area contributed by atoms with Crippen LogP contribution in [-0.4, -0.2) is 35.9 Å². The lowest BCUT2D eigenvalue weighted by molar-refractivity contribution is -0.121. The Kier molecular flexibility index (Phi) is 5.66. The molecule has 2 aromatic rings. The minimum Gasteiger partial charge on any atom is -0.383 e. The summed E-state index contributed by atoms with van der Waals surface area (Å²) in [5.41, 5.74) is 2.60. The Labute approximate surface area is 129 Å². The average molecular weight is 305 g/mol. The normalized spacial score (nSPS) is 10.7. The number of methoxy groups -OCH3 is 1. The first kappa shape index (κ1) is 16.2. The predicted octanol–water partition coefficient (Wildman–Crippen LogP) is 1.92. The Bertz CT molecular complexity index is 623. The molecule has 2 rings (SSSR count). The number of ether oxygens (including phenoxy) is 1. The number of nitrogens with zero attached hydrogens (tertiary/aromatic N) is 2. The second-order valence-corrected chi connectivity index (χ2v) is 5.03. The summed E-state index contributed by atoms with van der Waals surface area (Å²) >= 11 is 0. The standard InChI is InChI=1S/C16H20FN3O2/c1-20-11-13(5-8-15(21)18-9-10-22-2)16(19-20)12-3-6-14(17)7-4-12/h3-4,6-7,11H,5,8-10H2,1-2H3,(H,18,21). The van der Waals surface area contributed by atoms with E-state index >= 15 is 0 Å². The van der Waals surface area contributed by atoms with Crippen molar-refractivity contribution < 1.29 is 13.9 Å². The number of carbonyl (C=O) groups is 1. The SMILES string of the molecule is COCCNC(=O)CCc1cn(C)nc1-c1ccc(F)cc1. The van der Waals surface area contributed by atoms with Gasteiger partial charge < -0.3 is 10.1 Å². The van der Waals surface area contributed by atoms with Crippen LogP contribution in [0.2, 0.25) is 0 Å². The lowest BCUT2D eigenvalue weighted by Crippen LogP contribution is -2.27. The van der Waals surface area contributed by atoms with Gasteiger partial charge in [0.25, 0.3) is 0 Å². The highest BCUT2D eigenvalue weighted by molar-refractivity contribution is 5.76. The zero-order valence-electron chi connectivity index (χ0n) is 12.8. The van der Waals surface area contributed by atoms with E-state index in [1.54, 1.807) is 23.9 Å². The lowest BCUT2D eigenvalue weighted by atomic mass is 10.0. The van der Waals surface area contributed by atoms with Gasteiger partial charge in [0.1, 0.15) is 5.82 Å². The van der Waals surface area contributed by atoms with Gasteiger partial charge in [-0.05, 0) is 36.2 Å². The molecule has 0 saturated heterocycles. The van der Waals surface area contributed by atoms with E-state index in [-0.39, 0.29) is 11.7 Å². The molecule has 22 heavy (non-hydrogen) atoms. The van der Waals surface area contributed by atoms with Crippen LogP contribution in [0.5, 0.6) is 0 Å². The van der Waals surface area contributed by atoms with Crippen LogP contribution in [0.3, 0.4) is 0 Å². The molecule has 0 radical (unpaired) electrons. The van der Waals surface area contributed by atoms with Crippen LogP contribution in [0.1, 0.15) is 12.0 Å². The van der Waals surface area contributed by atoms with Gasteiger partial charge in [0.2, 0.25) is 5.91 Å². The molecule has 0 atom stereocenters. The van der Waals surface area contributed by atoms with Crippen LogP contribution in [0.15, 0.2) is 30.5 Å². The third-order valence-electron chi connectivity index (χ3n) is 3.27. The second-order valence-electron chi connectivity index (χ2n) is 5.03. The van der Waals surface area contributed by atoms with Crippen molar-refractivity contribution in [2.75, 3.05) is 20.3 Å². The van der Waals surface area contributed by atoms with Crippen LogP contribution >= 0.6 is 0 Å². The quantitative estimate of drug-likeness (QED) is 0.795. The maximum atomic E-state index is 13.0. The number of halogens is 1. The Balaban J connectivity index is 2.02. The van der Waals surface area contributed by atoms with Crippen molar-refractivity contribution in [1.29, 1.82) is 0 Å². The summed E-state index contributed by atoms with van der Waals surface area (Å²) in [5, 5.41) is 7.19. The summed E-state index contributed by atoms with van der Waals surface area (Å²) < 4.78 is 19.6. The molecule has 1 amide bonds. The average Bonchev–Trinajstić information content (AvgIpc) is 2.87.